The molecule has 1 unspecified atom stereocenters. The minimum absolute atomic E-state index is 0.0884. The molecule has 0 N–H and O–H groups in total. The molecule has 0 bridgehead atoms. The first-order valence-electron chi connectivity index (χ1n) is 7.21. The van der Waals surface area contributed by atoms with E-state index in [0.717, 1.165) is 9.87 Å². The average Bonchev–Trinajstić information content (AvgIpc) is 2.51. The Bertz CT molecular complexity index is 864. The number of rotatable bonds is 5. The van der Waals surface area contributed by atoms with Crippen LogP contribution >= 0.6 is 23.2 Å². The number of aryl methyl sites for hydroxylation is 2. The summed E-state index contributed by atoms with van der Waals surface area (Å²) in [4.78, 5) is 11.8. The number of halogens is 2. The van der Waals surface area contributed by atoms with Gasteiger partial charge in [-0.3, -0.25) is 9.10 Å². The third-order valence-electron chi connectivity index (χ3n) is 3.65. The topological polar surface area (TPSA) is 54.5 Å². The molecule has 0 fully saturated rings. The number of sulfonamides is 1. The van der Waals surface area contributed by atoms with Crippen LogP contribution in [0.25, 0.3) is 0 Å². The van der Waals surface area contributed by atoms with Crippen molar-refractivity contribution in [1.29, 1.82) is 0 Å². The van der Waals surface area contributed by atoms with Crippen molar-refractivity contribution in [3.8, 4) is 0 Å². The van der Waals surface area contributed by atoms with Crippen LogP contribution in [0.2, 0.25) is 5.02 Å². The lowest BCUT2D eigenvalue weighted by Crippen LogP contribution is -2.42. The van der Waals surface area contributed by atoms with Gasteiger partial charge in [0, 0.05) is 5.02 Å². The number of nitrogens with zero attached hydrogens (tertiary/aromatic N) is 1. The molecule has 0 aromatic heterocycles. The van der Waals surface area contributed by atoms with Crippen LogP contribution in [0.4, 0.5) is 5.69 Å². The molecule has 7 heteroatoms. The van der Waals surface area contributed by atoms with Gasteiger partial charge in [-0.15, -0.1) is 0 Å². The van der Waals surface area contributed by atoms with Gasteiger partial charge in [-0.05, 0) is 68.3 Å². The molecule has 128 valence electrons. The van der Waals surface area contributed by atoms with E-state index in [9.17, 15) is 13.2 Å². The molecule has 0 aliphatic rings. The minimum Gasteiger partial charge on any atom is -0.279 e. The number of benzene rings is 2. The molecule has 0 aliphatic heterocycles. The molecule has 0 saturated carbocycles. The van der Waals surface area contributed by atoms with E-state index in [0.29, 0.717) is 16.3 Å². The minimum atomic E-state index is -3.96. The van der Waals surface area contributed by atoms with E-state index < -0.39 is 21.3 Å². The molecule has 1 atom stereocenters. The zero-order valence-electron chi connectivity index (χ0n) is 13.5. The van der Waals surface area contributed by atoms with E-state index >= 15 is 0 Å². The lowest BCUT2D eigenvalue weighted by atomic mass is 10.2. The maximum atomic E-state index is 13.1. The van der Waals surface area contributed by atoms with Crippen molar-refractivity contribution in [3.63, 3.8) is 0 Å². The molecule has 0 radical (unpaired) electrons. The van der Waals surface area contributed by atoms with Gasteiger partial charge in [0.05, 0.1) is 10.6 Å². The summed E-state index contributed by atoms with van der Waals surface area (Å²) >= 11 is 11.6. The van der Waals surface area contributed by atoms with E-state index in [1.165, 1.54) is 19.1 Å². The summed E-state index contributed by atoms with van der Waals surface area (Å²) in [5, 5.41) is -0.255. The summed E-state index contributed by atoms with van der Waals surface area (Å²) < 4.78 is 27.2. The Morgan fingerprint density at radius 1 is 1.08 bits per heavy atom. The van der Waals surface area contributed by atoms with Crippen LogP contribution in [-0.4, -0.2) is 19.7 Å². The van der Waals surface area contributed by atoms with Crippen LogP contribution in [0.15, 0.2) is 47.4 Å². The lowest BCUT2D eigenvalue weighted by molar-refractivity contribution is -0.112. The summed E-state index contributed by atoms with van der Waals surface area (Å²) in [6.07, 6.45) is 0. The Morgan fingerprint density at radius 2 is 1.67 bits per heavy atom. The fourth-order valence-electron chi connectivity index (χ4n) is 2.25. The summed E-state index contributed by atoms with van der Waals surface area (Å²) in [5.74, 6) is 0. The van der Waals surface area contributed by atoms with Crippen molar-refractivity contribution in [1.82, 2.24) is 0 Å². The molecule has 2 rings (SSSR count). The fourth-order valence-corrected chi connectivity index (χ4v) is 4.14. The predicted molar refractivity (Wildman–Crippen MR) is 97.4 cm³/mol. The molecule has 2 aromatic rings. The van der Waals surface area contributed by atoms with E-state index in [1.54, 1.807) is 37.3 Å². The Hall–Kier alpha value is -1.56. The molecule has 2 aromatic carbocycles. The van der Waals surface area contributed by atoms with Crippen LogP contribution in [0, 0.1) is 13.8 Å². The SMILES string of the molecule is Cc1ccc(S(=O)(=O)N(c2ccc(Cl)c(C)c2)C(C)C(=O)Cl)cc1. The van der Waals surface area contributed by atoms with E-state index in [1.807, 2.05) is 6.92 Å². The monoisotopic (exact) mass is 385 g/mol. The first-order chi connectivity index (χ1) is 11.1. The number of hydrogen-bond donors (Lipinski definition) is 0. The Morgan fingerprint density at radius 3 is 2.17 bits per heavy atom. The van der Waals surface area contributed by atoms with Gasteiger partial charge in [-0.25, -0.2) is 8.42 Å². The maximum absolute atomic E-state index is 13.1. The Labute approximate surface area is 152 Å². The van der Waals surface area contributed by atoms with Crippen LogP contribution in [0.5, 0.6) is 0 Å². The number of carbonyl (C=O) groups is 1. The first kappa shape index (κ1) is 18.8. The highest BCUT2D eigenvalue weighted by molar-refractivity contribution is 7.93. The van der Waals surface area contributed by atoms with Gasteiger partial charge in [0.1, 0.15) is 6.04 Å². The van der Waals surface area contributed by atoms with Crippen LogP contribution in [-0.2, 0) is 14.8 Å². The van der Waals surface area contributed by atoms with Crippen molar-refractivity contribution in [2.45, 2.75) is 31.7 Å². The molecule has 0 spiro atoms. The molecule has 0 heterocycles. The second-order valence-corrected chi connectivity index (χ2v) is 8.12. The van der Waals surface area contributed by atoms with Crippen LogP contribution in [0.1, 0.15) is 18.1 Å². The van der Waals surface area contributed by atoms with E-state index in [4.69, 9.17) is 23.2 Å². The van der Waals surface area contributed by atoms with Gasteiger partial charge in [0.15, 0.2) is 0 Å². The van der Waals surface area contributed by atoms with Crippen molar-refractivity contribution in [3.05, 3.63) is 58.6 Å². The molecule has 4 nitrogen and oxygen atoms in total. The number of carbonyl (C=O) groups excluding carboxylic acids is 1. The highest BCUT2D eigenvalue weighted by Gasteiger charge is 2.32. The number of hydrogen-bond acceptors (Lipinski definition) is 3. The normalized spacial score (nSPS) is 12.7. The summed E-state index contributed by atoms with van der Waals surface area (Å²) in [7, 11) is -3.96. The smallest absolute Gasteiger partial charge is 0.265 e. The molecule has 0 aliphatic carbocycles. The Balaban J connectivity index is 2.63. The van der Waals surface area contributed by atoms with E-state index in [-0.39, 0.29) is 4.90 Å². The third kappa shape index (κ3) is 3.74. The highest BCUT2D eigenvalue weighted by Crippen LogP contribution is 2.30. The first-order valence-corrected chi connectivity index (χ1v) is 9.41. The van der Waals surface area contributed by atoms with Crippen molar-refractivity contribution in [2.75, 3.05) is 4.31 Å². The lowest BCUT2D eigenvalue weighted by Gasteiger charge is -2.28. The molecule has 0 amide bonds. The molecular weight excluding hydrogens is 369 g/mol. The maximum Gasteiger partial charge on any atom is 0.265 e. The largest absolute Gasteiger partial charge is 0.279 e. The zero-order valence-corrected chi connectivity index (χ0v) is 15.8. The van der Waals surface area contributed by atoms with Gasteiger partial charge in [-0.2, -0.15) is 0 Å². The van der Waals surface area contributed by atoms with Crippen molar-refractivity contribution >= 4 is 44.2 Å². The van der Waals surface area contributed by atoms with Gasteiger partial charge in [0.2, 0.25) is 5.24 Å². The molecule has 0 saturated heterocycles. The van der Waals surface area contributed by atoms with Crippen molar-refractivity contribution < 1.29 is 13.2 Å². The molecular formula is C17H17Cl2NO3S. The quantitative estimate of drug-likeness (QED) is 0.720. The van der Waals surface area contributed by atoms with Gasteiger partial charge in [0.25, 0.3) is 10.0 Å². The second-order valence-electron chi connectivity index (χ2n) is 5.53. The van der Waals surface area contributed by atoms with Gasteiger partial charge in [-0.1, -0.05) is 29.3 Å². The summed E-state index contributed by atoms with van der Waals surface area (Å²) in [5.41, 5.74) is 1.97. The Kier molecular flexibility index (Phi) is 5.58. The average molecular weight is 386 g/mol. The second kappa shape index (κ2) is 7.13. The number of anilines is 1. The van der Waals surface area contributed by atoms with Crippen LogP contribution in [0.3, 0.4) is 0 Å². The summed E-state index contributed by atoms with van der Waals surface area (Å²) in [6.45, 7) is 5.07. The van der Waals surface area contributed by atoms with Gasteiger partial charge < -0.3 is 0 Å². The predicted octanol–water partition coefficient (Wildman–Crippen LogP) is 4.31. The third-order valence-corrected chi connectivity index (χ3v) is 6.31. The van der Waals surface area contributed by atoms with Crippen molar-refractivity contribution in [2.24, 2.45) is 0 Å². The van der Waals surface area contributed by atoms with Crippen LogP contribution < -0.4 is 4.31 Å². The van der Waals surface area contributed by atoms with E-state index in [2.05, 4.69) is 0 Å². The van der Waals surface area contributed by atoms with Gasteiger partial charge >= 0.3 is 0 Å². The zero-order chi connectivity index (χ0) is 18.1. The fraction of sp³-hybridized carbons (Fsp3) is 0.235. The standard InChI is InChI=1S/C17H17Cl2NO3S/c1-11-4-7-15(8-5-11)24(22,23)20(13(3)17(19)21)14-6-9-16(18)12(2)10-14/h4-10,13H,1-3H3. The summed E-state index contributed by atoms with van der Waals surface area (Å²) in [6, 6.07) is 10.1. The molecule has 24 heavy (non-hydrogen) atoms. The highest BCUT2D eigenvalue weighted by atomic mass is 35.5.